The number of rotatable bonds is 6. The van der Waals surface area contributed by atoms with Crippen LogP contribution in [0, 0.1) is 0 Å². The van der Waals surface area contributed by atoms with Gasteiger partial charge in [-0.3, -0.25) is 0 Å². The van der Waals surface area contributed by atoms with E-state index in [0.717, 1.165) is 41.3 Å². The smallest absolute Gasteiger partial charge is 0.106 e. The Bertz CT molecular complexity index is 492. The number of likely N-dealkylation sites (tertiary alicyclic amines) is 1. The van der Waals surface area contributed by atoms with Crippen LogP contribution < -0.4 is 11.1 Å². The number of halogens is 1. The summed E-state index contributed by atoms with van der Waals surface area (Å²) in [4.78, 5) is 3.04. The first kappa shape index (κ1) is 16.7. The molecule has 21 heavy (non-hydrogen) atoms. The van der Waals surface area contributed by atoms with Gasteiger partial charge in [0.25, 0.3) is 0 Å². The minimum Gasteiger partial charge on any atom is -0.389 e. The van der Waals surface area contributed by atoms with E-state index in [1.54, 1.807) is 0 Å². The lowest BCUT2D eigenvalue weighted by atomic mass is 10.0. The Morgan fingerprint density at radius 1 is 1.48 bits per heavy atom. The monoisotopic (exact) mass is 369 g/mol. The quantitative estimate of drug-likeness (QED) is 0.591. The van der Waals surface area contributed by atoms with Crippen LogP contribution in [0.15, 0.2) is 22.7 Å². The van der Waals surface area contributed by atoms with E-state index in [1.807, 2.05) is 18.2 Å². The number of nitrogens with two attached hydrogens (primary N) is 1. The largest absolute Gasteiger partial charge is 0.389 e. The molecule has 0 spiro atoms. The van der Waals surface area contributed by atoms with Gasteiger partial charge in [-0.05, 0) is 50.9 Å². The fourth-order valence-corrected chi connectivity index (χ4v) is 3.41. The molecule has 3 N–H and O–H groups in total. The highest BCUT2D eigenvalue weighted by atomic mass is 79.9. The summed E-state index contributed by atoms with van der Waals surface area (Å²) in [5.74, 6) is 0. The molecule has 0 radical (unpaired) electrons. The predicted molar refractivity (Wildman–Crippen MR) is 98.0 cm³/mol. The van der Waals surface area contributed by atoms with Crippen LogP contribution in [0.4, 0.5) is 5.69 Å². The first-order valence-electron chi connectivity index (χ1n) is 7.65. The fraction of sp³-hybridized carbons (Fsp3) is 0.562. The van der Waals surface area contributed by atoms with Crippen LogP contribution >= 0.6 is 28.1 Å². The summed E-state index contributed by atoms with van der Waals surface area (Å²) in [7, 11) is 0. The van der Waals surface area contributed by atoms with Crippen LogP contribution in [0.5, 0.6) is 0 Å². The van der Waals surface area contributed by atoms with Gasteiger partial charge in [-0.25, -0.2) is 0 Å². The summed E-state index contributed by atoms with van der Waals surface area (Å²) in [6.07, 6.45) is 5.19. The van der Waals surface area contributed by atoms with Crippen LogP contribution in [0.1, 0.15) is 38.2 Å². The molecular formula is C16H24BrN3S. The van der Waals surface area contributed by atoms with Crippen LogP contribution in [0.2, 0.25) is 0 Å². The Labute approximate surface area is 141 Å². The third-order valence-electron chi connectivity index (χ3n) is 4.13. The molecule has 0 amide bonds. The lowest BCUT2D eigenvalue weighted by Gasteiger charge is -2.33. The van der Waals surface area contributed by atoms with E-state index in [-0.39, 0.29) is 0 Å². The van der Waals surface area contributed by atoms with Gasteiger partial charge in [0.1, 0.15) is 4.99 Å². The Hall–Kier alpha value is -0.650. The summed E-state index contributed by atoms with van der Waals surface area (Å²) in [6.45, 7) is 5.68. The first-order chi connectivity index (χ1) is 10.1. The minimum absolute atomic E-state index is 0.439. The van der Waals surface area contributed by atoms with E-state index < -0.39 is 0 Å². The molecule has 0 aromatic heterocycles. The topological polar surface area (TPSA) is 41.3 Å². The zero-order valence-electron chi connectivity index (χ0n) is 12.6. The van der Waals surface area contributed by atoms with Crippen molar-refractivity contribution in [3.63, 3.8) is 0 Å². The maximum absolute atomic E-state index is 5.77. The minimum atomic E-state index is 0.439. The van der Waals surface area contributed by atoms with Crippen molar-refractivity contribution in [2.45, 2.75) is 38.6 Å². The van der Waals surface area contributed by atoms with Crippen molar-refractivity contribution in [1.29, 1.82) is 0 Å². The molecule has 1 aliphatic rings. The molecule has 1 aromatic rings. The number of benzene rings is 1. The van der Waals surface area contributed by atoms with Crippen LogP contribution in [0.3, 0.4) is 0 Å². The molecule has 5 heteroatoms. The Morgan fingerprint density at radius 3 is 3.00 bits per heavy atom. The van der Waals surface area contributed by atoms with Crippen LogP contribution in [0.25, 0.3) is 0 Å². The summed E-state index contributed by atoms with van der Waals surface area (Å²) in [6, 6.07) is 6.70. The number of nitrogens with zero attached hydrogens (tertiary/aromatic N) is 1. The molecule has 116 valence electrons. The summed E-state index contributed by atoms with van der Waals surface area (Å²) < 4.78 is 1.04. The molecule has 1 aromatic carbocycles. The zero-order valence-corrected chi connectivity index (χ0v) is 15.0. The van der Waals surface area contributed by atoms with Crippen LogP contribution in [-0.2, 0) is 0 Å². The molecule has 1 saturated heterocycles. The molecule has 1 heterocycles. The van der Waals surface area contributed by atoms with Crippen molar-refractivity contribution < 1.29 is 0 Å². The highest BCUT2D eigenvalue weighted by Gasteiger charge is 2.17. The molecule has 1 aliphatic heterocycles. The highest BCUT2D eigenvalue weighted by molar-refractivity contribution is 9.10. The van der Waals surface area contributed by atoms with Gasteiger partial charge in [0.05, 0.1) is 0 Å². The SMILES string of the molecule is CC1CCCCN1CCCNc1cc(Br)ccc1C(N)=S. The maximum Gasteiger partial charge on any atom is 0.106 e. The molecular weight excluding hydrogens is 346 g/mol. The number of piperidine rings is 1. The fourth-order valence-electron chi connectivity index (χ4n) is 2.87. The van der Waals surface area contributed by atoms with E-state index >= 15 is 0 Å². The maximum atomic E-state index is 5.77. The van der Waals surface area contributed by atoms with Crippen molar-refractivity contribution in [3.05, 3.63) is 28.2 Å². The zero-order chi connectivity index (χ0) is 15.2. The molecule has 0 saturated carbocycles. The van der Waals surface area contributed by atoms with E-state index in [0.29, 0.717) is 4.99 Å². The van der Waals surface area contributed by atoms with Gasteiger partial charge in [0, 0.05) is 34.9 Å². The van der Waals surface area contributed by atoms with Gasteiger partial charge in [-0.15, -0.1) is 0 Å². The molecule has 0 bridgehead atoms. The van der Waals surface area contributed by atoms with Crippen molar-refractivity contribution in [2.75, 3.05) is 25.0 Å². The molecule has 3 nitrogen and oxygen atoms in total. The van der Waals surface area contributed by atoms with Crippen molar-refractivity contribution >= 4 is 38.8 Å². The second-order valence-corrected chi connectivity index (χ2v) is 7.07. The Balaban J connectivity index is 1.83. The second kappa shape index (κ2) is 8.11. The Kier molecular flexibility index (Phi) is 6.45. The molecule has 1 unspecified atom stereocenters. The third-order valence-corrected chi connectivity index (χ3v) is 4.84. The van der Waals surface area contributed by atoms with E-state index in [1.165, 1.54) is 25.8 Å². The number of hydrogen-bond donors (Lipinski definition) is 2. The number of hydrogen-bond acceptors (Lipinski definition) is 3. The standard InChI is InChI=1S/C16H24BrN3S/c1-12-5-2-3-9-20(12)10-4-8-19-15-11-13(17)6-7-14(15)16(18)21/h6-7,11-12,19H,2-5,8-10H2,1H3,(H2,18,21). The van der Waals surface area contributed by atoms with Crippen molar-refractivity contribution in [3.8, 4) is 0 Å². The molecule has 1 fully saturated rings. The normalized spacial score (nSPS) is 19.4. The molecule has 0 aliphatic carbocycles. The predicted octanol–water partition coefficient (Wildman–Crippen LogP) is 3.76. The van der Waals surface area contributed by atoms with Crippen molar-refractivity contribution in [2.24, 2.45) is 5.73 Å². The van der Waals surface area contributed by atoms with Crippen LogP contribution in [-0.4, -0.2) is 35.6 Å². The lowest BCUT2D eigenvalue weighted by molar-refractivity contribution is 0.160. The van der Waals surface area contributed by atoms with Crippen molar-refractivity contribution in [1.82, 2.24) is 4.90 Å². The lowest BCUT2D eigenvalue weighted by Crippen LogP contribution is -2.38. The van der Waals surface area contributed by atoms with E-state index in [4.69, 9.17) is 18.0 Å². The molecule has 2 rings (SSSR count). The van der Waals surface area contributed by atoms with Gasteiger partial charge < -0.3 is 16.0 Å². The van der Waals surface area contributed by atoms with Gasteiger partial charge >= 0.3 is 0 Å². The number of thiocarbonyl (C=S) groups is 1. The average Bonchev–Trinajstić information content (AvgIpc) is 2.45. The molecule has 1 atom stereocenters. The average molecular weight is 370 g/mol. The highest BCUT2D eigenvalue weighted by Crippen LogP contribution is 2.22. The summed E-state index contributed by atoms with van der Waals surface area (Å²) >= 11 is 8.60. The summed E-state index contributed by atoms with van der Waals surface area (Å²) in [5.41, 5.74) is 7.71. The van der Waals surface area contributed by atoms with E-state index in [9.17, 15) is 0 Å². The van der Waals surface area contributed by atoms with Gasteiger partial charge in [0.2, 0.25) is 0 Å². The number of nitrogens with one attached hydrogen (secondary N) is 1. The third kappa shape index (κ3) is 4.94. The second-order valence-electron chi connectivity index (χ2n) is 5.72. The van der Waals surface area contributed by atoms with Gasteiger partial charge in [0.15, 0.2) is 0 Å². The van der Waals surface area contributed by atoms with Gasteiger partial charge in [-0.1, -0.05) is 34.6 Å². The Morgan fingerprint density at radius 2 is 2.29 bits per heavy atom. The van der Waals surface area contributed by atoms with Gasteiger partial charge in [-0.2, -0.15) is 0 Å². The number of anilines is 1. The summed E-state index contributed by atoms with van der Waals surface area (Å²) in [5, 5.41) is 3.47. The van der Waals surface area contributed by atoms with E-state index in [2.05, 4.69) is 33.1 Å². The first-order valence-corrected chi connectivity index (χ1v) is 8.85.